The maximum Gasteiger partial charge on any atom is 0.314 e. The first-order valence-electron chi connectivity index (χ1n) is 4.45. The molecule has 0 fully saturated rings. The molecule has 0 saturated carbocycles. The van der Waals surface area contributed by atoms with Gasteiger partial charge in [-0.15, -0.1) is 0 Å². The Morgan fingerprint density at radius 2 is 2.54 bits per heavy atom. The lowest BCUT2D eigenvalue weighted by Gasteiger charge is -2.19. The summed E-state index contributed by atoms with van der Waals surface area (Å²) in [5.74, 6) is -0.440. The summed E-state index contributed by atoms with van der Waals surface area (Å²) in [4.78, 5) is 15.1. The Kier molecular flexibility index (Phi) is 1.83. The zero-order valence-corrected chi connectivity index (χ0v) is 7.53. The number of carbonyl (C=O) groups is 1. The van der Waals surface area contributed by atoms with Gasteiger partial charge in [0.15, 0.2) is 0 Å². The van der Waals surface area contributed by atoms with Crippen LogP contribution in [0.25, 0.3) is 0 Å². The van der Waals surface area contributed by atoms with Crippen molar-refractivity contribution >= 4 is 5.97 Å². The van der Waals surface area contributed by atoms with E-state index in [1.54, 1.807) is 0 Å². The van der Waals surface area contributed by atoms with Crippen LogP contribution in [0.4, 0.5) is 0 Å². The number of hydrogen-bond donors (Lipinski definition) is 1. The normalized spacial score (nSPS) is 21.2. The van der Waals surface area contributed by atoms with E-state index in [9.17, 15) is 4.79 Å². The largest absolute Gasteiger partial charge is 0.481 e. The Labute approximate surface area is 76.2 Å². The van der Waals surface area contributed by atoms with Crippen LogP contribution in [-0.2, 0) is 11.3 Å². The van der Waals surface area contributed by atoms with Crippen molar-refractivity contribution in [1.29, 1.82) is 0 Å². The lowest BCUT2D eigenvalue weighted by Crippen LogP contribution is -2.21. The minimum absolute atomic E-state index is 0.401. The number of aromatic nitrogens is 2. The fourth-order valence-electron chi connectivity index (χ4n) is 1.85. The Hall–Kier alpha value is -1.32. The maximum atomic E-state index is 10.9. The van der Waals surface area contributed by atoms with Gasteiger partial charge in [0.1, 0.15) is 11.7 Å². The van der Waals surface area contributed by atoms with Crippen molar-refractivity contribution in [3.8, 4) is 0 Å². The molecule has 1 aliphatic heterocycles. The third-order valence-corrected chi connectivity index (χ3v) is 2.43. The van der Waals surface area contributed by atoms with Gasteiger partial charge < -0.3 is 9.67 Å². The van der Waals surface area contributed by atoms with E-state index in [0.29, 0.717) is 6.42 Å². The van der Waals surface area contributed by atoms with Crippen LogP contribution in [0.2, 0.25) is 0 Å². The summed E-state index contributed by atoms with van der Waals surface area (Å²) in [6.07, 6.45) is 3.57. The fraction of sp³-hybridized carbons (Fsp3) is 0.556. The first-order chi connectivity index (χ1) is 6.18. The van der Waals surface area contributed by atoms with E-state index >= 15 is 0 Å². The summed E-state index contributed by atoms with van der Waals surface area (Å²) in [6, 6.07) is 0. The van der Waals surface area contributed by atoms with Crippen LogP contribution in [0.5, 0.6) is 0 Å². The molecule has 1 aliphatic rings. The zero-order valence-electron chi connectivity index (χ0n) is 7.53. The summed E-state index contributed by atoms with van der Waals surface area (Å²) in [5.41, 5.74) is 0.906. The fourth-order valence-corrected chi connectivity index (χ4v) is 1.85. The van der Waals surface area contributed by atoms with Gasteiger partial charge in [-0.3, -0.25) is 4.79 Å². The molecule has 0 aromatic carbocycles. The monoisotopic (exact) mass is 180 g/mol. The summed E-state index contributed by atoms with van der Waals surface area (Å²) >= 11 is 0. The second kappa shape index (κ2) is 2.87. The first kappa shape index (κ1) is 8.29. The van der Waals surface area contributed by atoms with Gasteiger partial charge in [0, 0.05) is 12.7 Å². The van der Waals surface area contributed by atoms with Crippen molar-refractivity contribution in [3.63, 3.8) is 0 Å². The molecule has 1 N–H and O–H groups in total. The van der Waals surface area contributed by atoms with E-state index in [4.69, 9.17) is 5.11 Å². The second-order valence-electron chi connectivity index (χ2n) is 3.47. The molecular weight excluding hydrogens is 168 g/mol. The van der Waals surface area contributed by atoms with E-state index in [2.05, 4.69) is 4.98 Å². The van der Waals surface area contributed by atoms with Crippen LogP contribution in [0, 0.1) is 6.92 Å². The Morgan fingerprint density at radius 1 is 1.77 bits per heavy atom. The van der Waals surface area contributed by atoms with Gasteiger partial charge >= 0.3 is 5.97 Å². The van der Waals surface area contributed by atoms with Crippen LogP contribution in [-0.4, -0.2) is 20.6 Å². The molecule has 0 unspecified atom stereocenters. The average molecular weight is 180 g/mol. The Morgan fingerprint density at radius 3 is 3.23 bits per heavy atom. The van der Waals surface area contributed by atoms with Crippen LogP contribution >= 0.6 is 0 Å². The molecule has 0 spiro atoms. The summed E-state index contributed by atoms with van der Waals surface area (Å²) in [6.45, 7) is 2.80. The molecule has 1 aromatic heterocycles. The molecule has 4 heteroatoms. The predicted octanol–water partition coefficient (Wildman–Crippen LogP) is 1.15. The van der Waals surface area contributed by atoms with Gasteiger partial charge in [0.05, 0.1) is 5.69 Å². The minimum Gasteiger partial charge on any atom is -0.481 e. The molecular formula is C9H12N2O2. The molecule has 2 rings (SSSR count). The quantitative estimate of drug-likeness (QED) is 0.705. The number of imidazole rings is 1. The van der Waals surface area contributed by atoms with E-state index in [1.165, 1.54) is 0 Å². The standard InChI is InChI=1S/C9H12N2O2/c1-6-5-11-4-2-3-7(9(12)13)8(11)10-6/h5,7H,2-4H2,1H3,(H,12,13)/t7-/m0/s1. The summed E-state index contributed by atoms with van der Waals surface area (Å²) < 4.78 is 1.96. The molecule has 1 atom stereocenters. The second-order valence-corrected chi connectivity index (χ2v) is 3.47. The van der Waals surface area contributed by atoms with Gasteiger partial charge in [-0.05, 0) is 19.8 Å². The van der Waals surface area contributed by atoms with Crippen LogP contribution < -0.4 is 0 Å². The highest BCUT2D eigenvalue weighted by atomic mass is 16.4. The molecule has 0 radical (unpaired) electrons. The smallest absolute Gasteiger partial charge is 0.314 e. The first-order valence-corrected chi connectivity index (χ1v) is 4.45. The van der Waals surface area contributed by atoms with Crippen LogP contribution in [0.1, 0.15) is 30.3 Å². The molecule has 0 saturated heterocycles. The number of carboxylic acids is 1. The molecule has 4 nitrogen and oxygen atoms in total. The van der Waals surface area contributed by atoms with Gasteiger partial charge in [0.25, 0.3) is 0 Å². The molecule has 2 heterocycles. The van der Waals surface area contributed by atoms with Crippen molar-refractivity contribution in [2.45, 2.75) is 32.2 Å². The van der Waals surface area contributed by atoms with Crippen molar-refractivity contribution in [1.82, 2.24) is 9.55 Å². The minimum atomic E-state index is -0.758. The SMILES string of the molecule is Cc1cn2c(n1)[C@@H](C(=O)O)CCC2. The number of hydrogen-bond acceptors (Lipinski definition) is 2. The van der Waals surface area contributed by atoms with Crippen LogP contribution in [0.15, 0.2) is 6.20 Å². The lowest BCUT2D eigenvalue weighted by atomic mass is 9.99. The van der Waals surface area contributed by atoms with E-state index in [1.807, 2.05) is 17.7 Å². The van der Waals surface area contributed by atoms with Crippen molar-refractivity contribution in [3.05, 3.63) is 17.7 Å². The van der Waals surface area contributed by atoms with E-state index in [-0.39, 0.29) is 0 Å². The summed E-state index contributed by atoms with van der Waals surface area (Å²) in [5, 5.41) is 8.94. The molecule has 1 aromatic rings. The molecule has 0 aliphatic carbocycles. The highest BCUT2D eigenvalue weighted by molar-refractivity contribution is 5.75. The maximum absolute atomic E-state index is 10.9. The van der Waals surface area contributed by atoms with Gasteiger partial charge in [-0.1, -0.05) is 0 Å². The molecule has 0 bridgehead atoms. The number of rotatable bonds is 1. The predicted molar refractivity (Wildman–Crippen MR) is 46.6 cm³/mol. The topological polar surface area (TPSA) is 55.1 Å². The number of aliphatic carboxylic acids is 1. The van der Waals surface area contributed by atoms with Gasteiger partial charge in [-0.2, -0.15) is 0 Å². The third-order valence-electron chi connectivity index (χ3n) is 2.43. The van der Waals surface area contributed by atoms with Crippen molar-refractivity contribution in [2.24, 2.45) is 0 Å². The number of fused-ring (bicyclic) bond motifs is 1. The number of aryl methyl sites for hydroxylation is 2. The van der Waals surface area contributed by atoms with Crippen molar-refractivity contribution < 1.29 is 9.90 Å². The molecule has 0 amide bonds. The van der Waals surface area contributed by atoms with Gasteiger partial charge in [-0.25, -0.2) is 4.98 Å². The van der Waals surface area contributed by atoms with E-state index < -0.39 is 11.9 Å². The van der Waals surface area contributed by atoms with Gasteiger partial charge in [0.2, 0.25) is 0 Å². The average Bonchev–Trinajstić information content (AvgIpc) is 2.43. The summed E-state index contributed by atoms with van der Waals surface area (Å²) in [7, 11) is 0. The highest BCUT2D eigenvalue weighted by Crippen LogP contribution is 2.26. The van der Waals surface area contributed by atoms with Crippen LogP contribution in [0.3, 0.4) is 0 Å². The zero-order chi connectivity index (χ0) is 9.42. The Balaban J connectivity index is 2.41. The number of carboxylic acid groups (broad SMARTS) is 1. The third kappa shape index (κ3) is 1.32. The molecule has 13 heavy (non-hydrogen) atoms. The molecule has 70 valence electrons. The number of nitrogens with zero attached hydrogens (tertiary/aromatic N) is 2. The van der Waals surface area contributed by atoms with Crippen molar-refractivity contribution in [2.75, 3.05) is 0 Å². The Bertz CT molecular complexity index is 343. The highest BCUT2D eigenvalue weighted by Gasteiger charge is 2.27. The van der Waals surface area contributed by atoms with E-state index in [0.717, 1.165) is 24.5 Å². The lowest BCUT2D eigenvalue weighted by molar-refractivity contribution is -0.139.